The van der Waals surface area contributed by atoms with Crippen molar-refractivity contribution in [3.8, 4) is 5.88 Å². The number of aromatic nitrogens is 3. The maximum absolute atomic E-state index is 12.4. The zero-order valence-electron chi connectivity index (χ0n) is 13.3. The van der Waals surface area contributed by atoms with Gasteiger partial charge in [0.1, 0.15) is 5.56 Å². The van der Waals surface area contributed by atoms with E-state index in [2.05, 4.69) is 25.8 Å². The molecule has 0 spiro atoms. The van der Waals surface area contributed by atoms with E-state index in [9.17, 15) is 9.59 Å². The lowest BCUT2D eigenvalue weighted by molar-refractivity contribution is 0.0933. The Morgan fingerprint density at radius 2 is 2.08 bits per heavy atom. The van der Waals surface area contributed by atoms with Crippen molar-refractivity contribution in [2.75, 3.05) is 12.4 Å². The lowest BCUT2D eigenvalue weighted by Gasteiger charge is -2.12. The minimum Gasteiger partial charge on any atom is -0.480 e. The maximum Gasteiger partial charge on any atom is 0.274 e. The molecule has 1 aliphatic carbocycles. The van der Waals surface area contributed by atoms with Gasteiger partial charge in [0, 0.05) is 18.4 Å². The first kappa shape index (κ1) is 16.0. The first-order chi connectivity index (χ1) is 11.7. The average molecular weight is 329 g/mol. The fourth-order valence-electron chi connectivity index (χ4n) is 2.80. The average Bonchev–Trinajstić information content (AvgIpc) is 3.26. The molecular formula is C16H19N5O3. The van der Waals surface area contributed by atoms with E-state index in [1.807, 2.05) is 0 Å². The first-order valence-corrected chi connectivity index (χ1v) is 7.84. The van der Waals surface area contributed by atoms with E-state index in [0.717, 1.165) is 25.7 Å². The van der Waals surface area contributed by atoms with Crippen LogP contribution >= 0.6 is 0 Å². The first-order valence-electron chi connectivity index (χ1n) is 7.84. The highest BCUT2D eigenvalue weighted by molar-refractivity contribution is 6.09. The normalized spacial score (nSPS) is 14.4. The van der Waals surface area contributed by atoms with Crippen molar-refractivity contribution in [1.82, 2.24) is 20.5 Å². The van der Waals surface area contributed by atoms with Gasteiger partial charge in [0.2, 0.25) is 5.88 Å². The van der Waals surface area contributed by atoms with Crippen molar-refractivity contribution in [2.24, 2.45) is 0 Å². The van der Waals surface area contributed by atoms with Gasteiger partial charge >= 0.3 is 0 Å². The second-order valence-corrected chi connectivity index (χ2v) is 5.62. The van der Waals surface area contributed by atoms with Gasteiger partial charge in [0.25, 0.3) is 11.8 Å². The number of H-pyrrole nitrogens is 1. The van der Waals surface area contributed by atoms with Crippen LogP contribution in [0.25, 0.3) is 0 Å². The third kappa shape index (κ3) is 3.37. The van der Waals surface area contributed by atoms with E-state index in [0.29, 0.717) is 5.69 Å². The largest absolute Gasteiger partial charge is 0.480 e. The summed E-state index contributed by atoms with van der Waals surface area (Å²) in [5.41, 5.74) is 0.767. The van der Waals surface area contributed by atoms with Crippen LogP contribution in [0.5, 0.6) is 5.88 Å². The van der Waals surface area contributed by atoms with E-state index < -0.39 is 5.91 Å². The molecule has 0 atom stereocenters. The number of carbonyl (C=O) groups is 2. The molecule has 2 heterocycles. The van der Waals surface area contributed by atoms with Gasteiger partial charge in [-0.25, -0.2) is 4.98 Å². The Balaban J connectivity index is 1.73. The zero-order chi connectivity index (χ0) is 16.9. The summed E-state index contributed by atoms with van der Waals surface area (Å²) in [5.74, 6) is -0.497. The van der Waals surface area contributed by atoms with Gasteiger partial charge in [-0.05, 0) is 25.0 Å². The van der Waals surface area contributed by atoms with Gasteiger partial charge in [0.15, 0.2) is 5.69 Å². The lowest BCUT2D eigenvalue weighted by Crippen LogP contribution is -2.33. The SMILES string of the molecule is COc1ncccc1C(=O)Nc1c[nH]nc1C(=O)NC1CCCC1. The lowest BCUT2D eigenvalue weighted by atomic mass is 10.2. The molecule has 1 saturated carbocycles. The predicted molar refractivity (Wildman–Crippen MR) is 87.1 cm³/mol. The van der Waals surface area contributed by atoms with Gasteiger partial charge in [-0.3, -0.25) is 14.7 Å². The number of ether oxygens (including phenoxy) is 1. The number of hydrogen-bond acceptors (Lipinski definition) is 5. The van der Waals surface area contributed by atoms with Gasteiger partial charge in [-0.15, -0.1) is 0 Å². The van der Waals surface area contributed by atoms with Crippen LogP contribution in [0.15, 0.2) is 24.5 Å². The summed E-state index contributed by atoms with van der Waals surface area (Å²) in [6.07, 6.45) is 7.21. The van der Waals surface area contributed by atoms with Crippen molar-refractivity contribution < 1.29 is 14.3 Å². The van der Waals surface area contributed by atoms with E-state index in [-0.39, 0.29) is 29.1 Å². The summed E-state index contributed by atoms with van der Waals surface area (Å²) in [7, 11) is 1.44. The standard InChI is InChI=1S/C16H19N5O3/c1-24-16-11(7-4-8-17-16)14(22)20-12-9-18-21-13(12)15(23)19-10-5-2-3-6-10/h4,7-10H,2-3,5-6H2,1H3,(H,18,21)(H,19,23)(H,20,22). The van der Waals surface area contributed by atoms with Crippen LogP contribution in [0.4, 0.5) is 5.69 Å². The van der Waals surface area contributed by atoms with Crippen LogP contribution in [0.3, 0.4) is 0 Å². The van der Waals surface area contributed by atoms with Gasteiger partial charge < -0.3 is 15.4 Å². The number of nitrogens with one attached hydrogen (secondary N) is 3. The fourth-order valence-corrected chi connectivity index (χ4v) is 2.80. The summed E-state index contributed by atoms with van der Waals surface area (Å²) in [6.45, 7) is 0. The van der Waals surface area contributed by atoms with Crippen LogP contribution in [0.2, 0.25) is 0 Å². The molecule has 2 amide bonds. The second-order valence-electron chi connectivity index (χ2n) is 5.62. The van der Waals surface area contributed by atoms with Crippen molar-refractivity contribution in [3.63, 3.8) is 0 Å². The summed E-state index contributed by atoms with van der Waals surface area (Å²) in [4.78, 5) is 28.7. The van der Waals surface area contributed by atoms with Crippen LogP contribution in [0, 0.1) is 0 Å². The Labute approximate surface area is 139 Å². The molecule has 0 radical (unpaired) electrons. The smallest absolute Gasteiger partial charge is 0.274 e. The minimum absolute atomic E-state index is 0.165. The fraction of sp³-hybridized carbons (Fsp3) is 0.375. The minimum atomic E-state index is -0.420. The molecule has 0 aromatic carbocycles. The molecule has 126 valence electrons. The Morgan fingerprint density at radius 1 is 1.29 bits per heavy atom. The molecule has 8 nitrogen and oxygen atoms in total. The van der Waals surface area contributed by atoms with Gasteiger partial charge in [0.05, 0.1) is 12.8 Å². The summed E-state index contributed by atoms with van der Waals surface area (Å²) < 4.78 is 5.08. The number of carbonyl (C=O) groups excluding carboxylic acids is 2. The highest BCUT2D eigenvalue weighted by Gasteiger charge is 2.23. The number of pyridine rings is 1. The predicted octanol–water partition coefficient (Wildman–Crippen LogP) is 1.74. The van der Waals surface area contributed by atoms with Crippen molar-refractivity contribution >= 4 is 17.5 Å². The number of nitrogens with zero attached hydrogens (tertiary/aromatic N) is 2. The number of methoxy groups -OCH3 is 1. The molecule has 2 aromatic rings. The number of hydrogen-bond donors (Lipinski definition) is 3. The summed E-state index contributed by atoms with van der Waals surface area (Å²) >= 11 is 0. The molecule has 24 heavy (non-hydrogen) atoms. The highest BCUT2D eigenvalue weighted by atomic mass is 16.5. The number of amides is 2. The van der Waals surface area contributed by atoms with Gasteiger partial charge in [-0.2, -0.15) is 5.10 Å². The van der Waals surface area contributed by atoms with Crippen molar-refractivity contribution in [1.29, 1.82) is 0 Å². The number of aromatic amines is 1. The molecule has 0 bridgehead atoms. The van der Waals surface area contributed by atoms with E-state index in [4.69, 9.17) is 4.74 Å². The monoisotopic (exact) mass is 329 g/mol. The molecule has 0 aliphatic heterocycles. The van der Waals surface area contributed by atoms with Crippen LogP contribution in [-0.2, 0) is 0 Å². The van der Waals surface area contributed by atoms with E-state index >= 15 is 0 Å². The molecule has 3 rings (SSSR count). The van der Waals surface area contributed by atoms with Crippen molar-refractivity contribution in [2.45, 2.75) is 31.7 Å². The molecule has 8 heteroatoms. The summed E-state index contributed by atoms with van der Waals surface area (Å²) in [6, 6.07) is 3.41. The van der Waals surface area contributed by atoms with Crippen LogP contribution < -0.4 is 15.4 Å². The molecule has 0 unspecified atom stereocenters. The third-order valence-corrected chi connectivity index (χ3v) is 4.00. The Kier molecular flexibility index (Phi) is 4.74. The Bertz CT molecular complexity index is 737. The molecule has 1 fully saturated rings. The maximum atomic E-state index is 12.4. The number of anilines is 1. The van der Waals surface area contributed by atoms with Crippen LogP contribution in [0.1, 0.15) is 46.5 Å². The molecule has 0 saturated heterocycles. The number of rotatable bonds is 5. The molecule has 1 aliphatic rings. The topological polar surface area (TPSA) is 109 Å². The van der Waals surface area contributed by atoms with E-state index in [1.54, 1.807) is 12.1 Å². The molecular weight excluding hydrogens is 310 g/mol. The molecule has 2 aromatic heterocycles. The van der Waals surface area contributed by atoms with E-state index in [1.165, 1.54) is 19.5 Å². The highest BCUT2D eigenvalue weighted by Crippen LogP contribution is 2.20. The third-order valence-electron chi connectivity index (χ3n) is 4.00. The quantitative estimate of drug-likeness (QED) is 0.774. The summed E-state index contributed by atoms with van der Waals surface area (Å²) in [5, 5.41) is 12.2. The van der Waals surface area contributed by atoms with Crippen molar-refractivity contribution in [3.05, 3.63) is 35.8 Å². The molecule has 3 N–H and O–H groups in total. The Hall–Kier alpha value is -2.90. The Morgan fingerprint density at radius 3 is 2.83 bits per heavy atom. The second kappa shape index (κ2) is 7.12. The van der Waals surface area contributed by atoms with Crippen LogP contribution in [-0.4, -0.2) is 40.1 Å². The zero-order valence-corrected chi connectivity index (χ0v) is 13.3. The van der Waals surface area contributed by atoms with Gasteiger partial charge in [-0.1, -0.05) is 12.8 Å².